The van der Waals surface area contributed by atoms with Gasteiger partial charge in [-0.25, -0.2) is 0 Å². The predicted molar refractivity (Wildman–Crippen MR) is 74.8 cm³/mol. The quantitative estimate of drug-likeness (QED) is 0.450. The smallest absolute Gasteiger partial charge is 0.302 e. The lowest BCUT2D eigenvalue weighted by atomic mass is 10.1. The molecule has 0 aliphatic heterocycles. The second kappa shape index (κ2) is 10.8. The molecule has 1 unspecified atom stereocenters. The third kappa shape index (κ3) is 13.2. The van der Waals surface area contributed by atoms with Crippen LogP contribution in [0.2, 0.25) is 0 Å². The number of ether oxygens (including phenoxy) is 2. The van der Waals surface area contributed by atoms with Crippen LogP contribution in [0, 0.1) is 0 Å². The van der Waals surface area contributed by atoms with Crippen molar-refractivity contribution in [3.8, 4) is 0 Å². The molecule has 0 saturated carbocycles. The van der Waals surface area contributed by atoms with Crippen LogP contribution in [0.25, 0.3) is 0 Å². The highest BCUT2D eigenvalue weighted by molar-refractivity contribution is 5.66. The number of unbranched alkanes of at least 4 members (excludes halogenated alkanes) is 4. The van der Waals surface area contributed by atoms with E-state index in [4.69, 9.17) is 9.47 Å². The number of esters is 2. The van der Waals surface area contributed by atoms with Gasteiger partial charge >= 0.3 is 11.9 Å². The molecule has 0 aromatic carbocycles. The van der Waals surface area contributed by atoms with E-state index in [9.17, 15) is 9.59 Å². The minimum atomic E-state index is -0.202. The number of hydrogen-bond acceptors (Lipinski definition) is 4. The fourth-order valence-electron chi connectivity index (χ4n) is 2.08. The topological polar surface area (TPSA) is 52.6 Å². The molecule has 0 amide bonds. The maximum Gasteiger partial charge on any atom is 0.302 e. The van der Waals surface area contributed by atoms with Crippen molar-refractivity contribution in [1.29, 1.82) is 0 Å². The molecule has 0 fully saturated rings. The minimum absolute atomic E-state index is 0.0292. The maximum absolute atomic E-state index is 10.7. The standard InChI is InChI=1S/C15H28O4/c1-12(18-14(3)16)10-8-6-5-7-9-11-13(2)19-15(4)17/h12-13H,5-11H2,1-4H3/t12-,13?/m0/s1. The summed E-state index contributed by atoms with van der Waals surface area (Å²) in [5, 5.41) is 0. The first kappa shape index (κ1) is 17.9. The summed E-state index contributed by atoms with van der Waals surface area (Å²) in [6, 6.07) is 0. The molecule has 4 nitrogen and oxygen atoms in total. The molecule has 0 rings (SSSR count). The zero-order valence-electron chi connectivity index (χ0n) is 12.7. The highest BCUT2D eigenvalue weighted by atomic mass is 16.5. The van der Waals surface area contributed by atoms with Crippen LogP contribution in [0.1, 0.15) is 72.6 Å². The van der Waals surface area contributed by atoms with Crippen molar-refractivity contribution in [2.24, 2.45) is 0 Å². The van der Waals surface area contributed by atoms with Gasteiger partial charge in [-0.3, -0.25) is 9.59 Å². The second-order valence-electron chi connectivity index (χ2n) is 5.19. The van der Waals surface area contributed by atoms with Gasteiger partial charge in [-0.05, 0) is 39.5 Å². The molecular formula is C15H28O4. The Kier molecular flexibility index (Phi) is 10.2. The van der Waals surface area contributed by atoms with Gasteiger partial charge in [0.2, 0.25) is 0 Å². The van der Waals surface area contributed by atoms with Crippen molar-refractivity contribution >= 4 is 11.9 Å². The highest BCUT2D eigenvalue weighted by Gasteiger charge is 2.06. The minimum Gasteiger partial charge on any atom is -0.463 e. The fourth-order valence-corrected chi connectivity index (χ4v) is 2.08. The molecule has 0 N–H and O–H groups in total. The summed E-state index contributed by atoms with van der Waals surface area (Å²) in [4.78, 5) is 21.4. The molecule has 0 aliphatic carbocycles. The van der Waals surface area contributed by atoms with Gasteiger partial charge < -0.3 is 9.47 Å². The highest BCUT2D eigenvalue weighted by Crippen LogP contribution is 2.12. The van der Waals surface area contributed by atoms with Crippen LogP contribution in [0.15, 0.2) is 0 Å². The lowest BCUT2D eigenvalue weighted by Crippen LogP contribution is -2.12. The molecule has 0 aromatic rings. The van der Waals surface area contributed by atoms with Gasteiger partial charge in [-0.1, -0.05) is 19.3 Å². The van der Waals surface area contributed by atoms with Gasteiger partial charge in [-0.2, -0.15) is 0 Å². The molecule has 4 heteroatoms. The first-order valence-electron chi connectivity index (χ1n) is 7.26. The average molecular weight is 272 g/mol. The van der Waals surface area contributed by atoms with Crippen LogP contribution in [0.5, 0.6) is 0 Å². The van der Waals surface area contributed by atoms with Crippen molar-refractivity contribution in [2.45, 2.75) is 84.8 Å². The molecule has 2 atom stereocenters. The van der Waals surface area contributed by atoms with Crippen LogP contribution < -0.4 is 0 Å². The average Bonchev–Trinajstić information content (AvgIpc) is 2.25. The van der Waals surface area contributed by atoms with E-state index >= 15 is 0 Å². The Hall–Kier alpha value is -1.06. The van der Waals surface area contributed by atoms with Gasteiger partial charge in [0.05, 0.1) is 12.2 Å². The van der Waals surface area contributed by atoms with Crippen LogP contribution in [0.3, 0.4) is 0 Å². The summed E-state index contributed by atoms with van der Waals surface area (Å²) in [6.45, 7) is 6.76. The Labute approximate surface area is 116 Å². The zero-order valence-corrected chi connectivity index (χ0v) is 12.7. The third-order valence-corrected chi connectivity index (χ3v) is 2.96. The lowest BCUT2D eigenvalue weighted by Gasteiger charge is -2.12. The van der Waals surface area contributed by atoms with Crippen LogP contribution >= 0.6 is 0 Å². The summed E-state index contributed by atoms with van der Waals surface area (Å²) in [5.41, 5.74) is 0. The zero-order chi connectivity index (χ0) is 14.7. The van der Waals surface area contributed by atoms with Crippen molar-refractivity contribution < 1.29 is 19.1 Å². The number of hydrogen-bond donors (Lipinski definition) is 0. The number of rotatable bonds is 10. The van der Waals surface area contributed by atoms with Crippen LogP contribution in [-0.4, -0.2) is 24.1 Å². The van der Waals surface area contributed by atoms with Crippen LogP contribution in [-0.2, 0) is 19.1 Å². The molecule has 0 aliphatic rings. The third-order valence-electron chi connectivity index (χ3n) is 2.96. The number of carbonyl (C=O) groups is 2. The van der Waals surface area contributed by atoms with E-state index in [1.165, 1.54) is 20.3 Å². The summed E-state index contributed by atoms with van der Waals surface area (Å²) in [6.07, 6.45) is 7.61. The molecule has 0 aromatic heterocycles. The normalized spacial score (nSPS) is 13.7. The summed E-state index contributed by atoms with van der Waals surface area (Å²) >= 11 is 0. The monoisotopic (exact) mass is 272 g/mol. The van der Waals surface area contributed by atoms with Gasteiger partial charge in [-0.15, -0.1) is 0 Å². The van der Waals surface area contributed by atoms with E-state index in [1.807, 2.05) is 13.8 Å². The Morgan fingerprint density at radius 2 is 1.05 bits per heavy atom. The Balaban J connectivity index is 3.31. The molecule has 0 radical (unpaired) electrons. The summed E-state index contributed by atoms with van der Waals surface area (Å²) in [5.74, 6) is -0.404. The molecular weight excluding hydrogens is 244 g/mol. The SMILES string of the molecule is CC(=O)OC(C)CCCCCCC[C@H](C)OC(C)=O. The fraction of sp³-hybridized carbons (Fsp3) is 0.867. The van der Waals surface area contributed by atoms with Gasteiger partial charge in [0.15, 0.2) is 0 Å². The summed E-state index contributed by atoms with van der Waals surface area (Å²) in [7, 11) is 0. The lowest BCUT2D eigenvalue weighted by molar-refractivity contribution is -0.146. The van der Waals surface area contributed by atoms with Gasteiger partial charge in [0, 0.05) is 13.8 Å². The molecule has 0 spiro atoms. The molecule has 0 saturated heterocycles. The van der Waals surface area contributed by atoms with Crippen molar-refractivity contribution in [3.05, 3.63) is 0 Å². The van der Waals surface area contributed by atoms with E-state index in [0.29, 0.717) is 0 Å². The van der Waals surface area contributed by atoms with Gasteiger partial charge in [0.25, 0.3) is 0 Å². The molecule has 0 bridgehead atoms. The Morgan fingerprint density at radius 3 is 1.37 bits per heavy atom. The maximum atomic E-state index is 10.7. The Morgan fingerprint density at radius 1 is 0.737 bits per heavy atom. The second-order valence-corrected chi connectivity index (χ2v) is 5.19. The predicted octanol–water partition coefficient (Wildman–Crippen LogP) is 3.62. The van der Waals surface area contributed by atoms with E-state index in [0.717, 1.165) is 38.5 Å². The van der Waals surface area contributed by atoms with E-state index in [2.05, 4.69) is 0 Å². The van der Waals surface area contributed by atoms with Crippen molar-refractivity contribution in [2.75, 3.05) is 0 Å². The van der Waals surface area contributed by atoms with E-state index in [1.54, 1.807) is 0 Å². The van der Waals surface area contributed by atoms with Crippen LogP contribution in [0.4, 0.5) is 0 Å². The molecule has 112 valence electrons. The molecule has 0 heterocycles. The van der Waals surface area contributed by atoms with Crippen molar-refractivity contribution in [1.82, 2.24) is 0 Å². The van der Waals surface area contributed by atoms with E-state index in [-0.39, 0.29) is 24.1 Å². The number of carbonyl (C=O) groups excluding carboxylic acids is 2. The van der Waals surface area contributed by atoms with Crippen molar-refractivity contribution in [3.63, 3.8) is 0 Å². The van der Waals surface area contributed by atoms with Gasteiger partial charge in [0.1, 0.15) is 0 Å². The summed E-state index contributed by atoms with van der Waals surface area (Å²) < 4.78 is 10.1. The first-order chi connectivity index (χ1) is 8.91. The molecule has 19 heavy (non-hydrogen) atoms. The largest absolute Gasteiger partial charge is 0.463 e. The van der Waals surface area contributed by atoms with E-state index < -0.39 is 0 Å². The Bertz CT molecular complexity index is 237. The first-order valence-corrected chi connectivity index (χ1v) is 7.26.